The van der Waals surface area contributed by atoms with Crippen molar-refractivity contribution in [3.63, 3.8) is 0 Å². The molecular formula is C51H59Cl2F3N4O14. The molecule has 402 valence electrons. The van der Waals surface area contributed by atoms with Gasteiger partial charge < -0.3 is 65.4 Å². The van der Waals surface area contributed by atoms with Gasteiger partial charge in [-0.15, -0.1) is 0 Å². The van der Waals surface area contributed by atoms with E-state index in [1.165, 1.54) is 49.7 Å². The van der Waals surface area contributed by atoms with Gasteiger partial charge in [-0.25, -0.2) is 18.0 Å². The second-order valence-electron chi connectivity index (χ2n) is 18.2. The highest BCUT2D eigenvalue weighted by Crippen LogP contribution is 2.40. The van der Waals surface area contributed by atoms with E-state index < -0.39 is 121 Å². The highest BCUT2D eigenvalue weighted by molar-refractivity contribution is 6.42. The smallest absolute Gasteiger partial charge is 0.330 e. The number of carbonyl (C=O) groups is 3. The minimum atomic E-state index is -2.91. The molecule has 4 aliphatic heterocycles. The summed E-state index contributed by atoms with van der Waals surface area (Å²) in [6.07, 6.45) is 3.54. The highest BCUT2D eigenvalue weighted by atomic mass is 35.5. The number of ether oxygens (including phenoxy) is 5. The quantitative estimate of drug-likeness (QED) is 0.102. The molecule has 3 fully saturated rings. The van der Waals surface area contributed by atoms with Gasteiger partial charge in [0.2, 0.25) is 0 Å². The Hall–Kier alpha value is -5.27. The van der Waals surface area contributed by atoms with E-state index in [0.717, 1.165) is 10.7 Å². The molecule has 3 aromatic rings. The lowest BCUT2D eigenvalue weighted by molar-refractivity contribution is -0.308. The SMILES string of the molecule is C[C@@H]1C/C=C/C=C/C=C/C=C/[C@H](O[C@@H]2O[C@H](C)[C@@H](O)[C@H](N)[C@@H]2O)C[C@@H]2O[C@](O)(C[C@@H](O)C[C@H]3O[C@@H]3/C=C/C(=O)O1)C[C@H](O)[C@H]2C(=O)O.Cn1cc(C(=O)Nc2ccc(F)cc2-c2ccc(Cl)c(Cl)c2)c(C(F)F)n1. The minimum absolute atomic E-state index is 0.0789. The van der Waals surface area contributed by atoms with Crippen LogP contribution in [0.25, 0.3) is 11.1 Å². The molecule has 14 atom stereocenters. The molecule has 5 heterocycles. The molecule has 23 heteroatoms. The summed E-state index contributed by atoms with van der Waals surface area (Å²) < 4.78 is 69.6. The fourth-order valence-corrected chi connectivity index (χ4v) is 8.86. The van der Waals surface area contributed by atoms with Crippen molar-refractivity contribution in [2.24, 2.45) is 18.7 Å². The number of carboxylic acids is 1. The van der Waals surface area contributed by atoms with Crippen LogP contribution in [0.15, 0.2) is 103 Å². The number of anilines is 1. The lowest BCUT2D eigenvalue weighted by Gasteiger charge is -2.45. The normalized spacial score (nSPS) is 34.0. The Morgan fingerprint density at radius 2 is 1.65 bits per heavy atom. The van der Waals surface area contributed by atoms with E-state index in [2.05, 4.69) is 10.4 Å². The summed E-state index contributed by atoms with van der Waals surface area (Å²) in [5, 5.41) is 70.6. The van der Waals surface area contributed by atoms with Crippen molar-refractivity contribution in [2.75, 3.05) is 5.32 Å². The average molecular weight is 1080 g/mol. The summed E-state index contributed by atoms with van der Waals surface area (Å²) in [6.45, 7) is 3.34. The van der Waals surface area contributed by atoms with Crippen molar-refractivity contribution in [1.29, 1.82) is 0 Å². The zero-order chi connectivity index (χ0) is 54.0. The number of aliphatic hydroxyl groups excluding tert-OH is 4. The van der Waals surface area contributed by atoms with Gasteiger partial charge in [0.15, 0.2) is 12.1 Å². The number of amides is 1. The molecular weight excluding hydrogens is 1020 g/mol. The van der Waals surface area contributed by atoms with Crippen molar-refractivity contribution >= 4 is 46.7 Å². The molecule has 2 bridgehead atoms. The summed E-state index contributed by atoms with van der Waals surface area (Å²) in [5.41, 5.74) is 6.13. The number of halogens is 5. The molecule has 1 aromatic heterocycles. The van der Waals surface area contributed by atoms with Crippen LogP contribution in [0, 0.1) is 11.7 Å². The second-order valence-corrected chi connectivity index (χ2v) is 19.1. The molecule has 74 heavy (non-hydrogen) atoms. The summed E-state index contributed by atoms with van der Waals surface area (Å²) in [5.74, 6) is -6.77. The molecule has 18 nitrogen and oxygen atoms in total. The van der Waals surface area contributed by atoms with E-state index in [0.29, 0.717) is 22.6 Å². The fraction of sp³-hybridized carbons (Fsp3) is 0.451. The number of esters is 1. The maximum atomic E-state index is 13.8. The van der Waals surface area contributed by atoms with E-state index in [4.69, 9.17) is 52.6 Å². The third kappa shape index (κ3) is 15.9. The lowest BCUT2D eigenvalue weighted by Crippen LogP contribution is -2.61. The van der Waals surface area contributed by atoms with Crippen LogP contribution in [0.1, 0.15) is 68.4 Å². The van der Waals surface area contributed by atoms with E-state index >= 15 is 0 Å². The monoisotopic (exact) mass is 1080 g/mol. The van der Waals surface area contributed by atoms with Gasteiger partial charge in [-0.05, 0) is 55.8 Å². The third-order valence-corrected chi connectivity index (χ3v) is 13.1. The summed E-state index contributed by atoms with van der Waals surface area (Å²) in [4.78, 5) is 36.9. The number of hydrogen-bond acceptors (Lipinski definition) is 15. The van der Waals surface area contributed by atoms with E-state index in [1.807, 2.05) is 6.08 Å². The largest absolute Gasteiger partial charge is 0.481 e. The van der Waals surface area contributed by atoms with Gasteiger partial charge in [0.25, 0.3) is 12.3 Å². The predicted octanol–water partition coefficient (Wildman–Crippen LogP) is 5.84. The highest BCUT2D eigenvalue weighted by Gasteiger charge is 2.51. The van der Waals surface area contributed by atoms with Crippen LogP contribution < -0.4 is 11.1 Å². The first-order valence-electron chi connectivity index (χ1n) is 23.5. The molecule has 1 amide bonds. The van der Waals surface area contributed by atoms with Crippen molar-refractivity contribution < 1.29 is 81.9 Å². The summed E-state index contributed by atoms with van der Waals surface area (Å²) in [7, 11) is 1.43. The third-order valence-electron chi connectivity index (χ3n) is 12.3. The minimum Gasteiger partial charge on any atom is -0.481 e. The number of allylic oxidation sites excluding steroid dienone is 6. The maximum Gasteiger partial charge on any atom is 0.330 e. The van der Waals surface area contributed by atoms with Gasteiger partial charge in [0, 0.05) is 62.7 Å². The molecule has 7 rings (SSSR count). The van der Waals surface area contributed by atoms with Crippen LogP contribution in [0.2, 0.25) is 10.0 Å². The number of epoxide rings is 1. The Morgan fingerprint density at radius 3 is 2.35 bits per heavy atom. The van der Waals surface area contributed by atoms with Gasteiger partial charge in [-0.3, -0.25) is 14.3 Å². The number of benzene rings is 2. The average Bonchev–Trinajstić information content (AvgIpc) is 3.93. The molecule has 0 radical (unpaired) electrons. The number of hydrogen-bond donors (Lipinski definition) is 8. The van der Waals surface area contributed by atoms with Gasteiger partial charge in [0.1, 0.15) is 35.7 Å². The zero-order valence-corrected chi connectivity index (χ0v) is 41.8. The molecule has 0 spiro atoms. The summed E-state index contributed by atoms with van der Waals surface area (Å²) in [6, 6.07) is 7.26. The van der Waals surface area contributed by atoms with Gasteiger partial charge >= 0.3 is 11.9 Å². The number of aromatic nitrogens is 2. The Labute approximate surface area is 434 Å². The first kappa shape index (κ1) is 58.0. The van der Waals surface area contributed by atoms with Crippen LogP contribution in [0.5, 0.6) is 0 Å². The number of nitrogens with two attached hydrogens (primary N) is 1. The van der Waals surface area contributed by atoms with Crippen LogP contribution in [0.3, 0.4) is 0 Å². The summed E-state index contributed by atoms with van der Waals surface area (Å²) >= 11 is 11.9. The standard InChI is InChI=1S/C33H47NO13.C18H12Cl2F3N3O/c1-18-10-8-6-4-3-5-7-9-11-21(45-32-30(39)28(34)29(38)19(2)44-32)15-25-27(31(40)41)22(36)17-33(42,47-25)16-20(35)14-24-23(46-24)12-13-26(37)43-18;1-26-8-12(16(25-26)17(22)23)18(27)24-15-5-3-10(21)7-11(15)9-2-4-13(19)14(20)6-9/h3-9,11-13,18-25,27-30,32,35-36,38-39,42H,10,14-17,34H2,1-2H3,(H,40,41);2-8,17H,1H3,(H,24,27)/b4-3+,7-5+,8-6+,11-9+,13-12+;/t18-,19-,20+,21+,22+,23-,24-,25+,27-,28+,29-,30+,32+,33-;/m1./s1. The van der Waals surface area contributed by atoms with Crippen molar-refractivity contribution in [3.8, 4) is 11.1 Å². The van der Waals surface area contributed by atoms with Gasteiger partial charge in [-0.1, -0.05) is 77.9 Å². The Morgan fingerprint density at radius 1 is 0.932 bits per heavy atom. The molecule has 0 aliphatic carbocycles. The molecule has 4 aliphatic rings. The predicted molar refractivity (Wildman–Crippen MR) is 263 cm³/mol. The van der Waals surface area contributed by atoms with Crippen LogP contribution in [-0.4, -0.2) is 137 Å². The first-order valence-corrected chi connectivity index (χ1v) is 24.3. The van der Waals surface area contributed by atoms with E-state index in [1.54, 1.807) is 62.4 Å². The van der Waals surface area contributed by atoms with Gasteiger partial charge in [0.05, 0.1) is 64.4 Å². The molecule has 2 aromatic carbocycles. The molecule has 0 saturated carbocycles. The molecule has 0 unspecified atom stereocenters. The van der Waals surface area contributed by atoms with Gasteiger partial charge in [-0.2, -0.15) is 5.10 Å². The fourth-order valence-electron chi connectivity index (χ4n) is 8.56. The number of aliphatic hydroxyl groups is 5. The molecule has 9 N–H and O–H groups in total. The topological polar surface area (TPSA) is 278 Å². The Balaban J connectivity index is 0.000000279. The number of carboxylic acid groups (broad SMARTS) is 1. The first-order chi connectivity index (χ1) is 35.0. The zero-order valence-electron chi connectivity index (χ0n) is 40.2. The number of aryl methyl sites for hydroxylation is 1. The molecule has 3 saturated heterocycles. The number of alkyl halides is 2. The second kappa shape index (κ2) is 26.0. The van der Waals surface area contributed by atoms with Crippen molar-refractivity contribution in [3.05, 3.63) is 130 Å². The number of carbonyl (C=O) groups excluding carboxylic acids is 2. The maximum absolute atomic E-state index is 13.8. The number of nitrogens with zero attached hydrogens (tertiary/aromatic N) is 2. The van der Waals surface area contributed by atoms with E-state index in [9.17, 15) is 58.2 Å². The van der Waals surface area contributed by atoms with E-state index in [-0.39, 0.29) is 41.6 Å². The van der Waals surface area contributed by atoms with Crippen molar-refractivity contribution in [1.82, 2.24) is 9.78 Å². The van der Waals surface area contributed by atoms with Crippen molar-refractivity contribution in [2.45, 2.75) is 132 Å². The van der Waals surface area contributed by atoms with Crippen LogP contribution in [0.4, 0.5) is 18.9 Å². The Bertz CT molecular complexity index is 2600. The lowest BCUT2D eigenvalue weighted by atomic mass is 9.83. The number of rotatable bonds is 7. The number of fused-ring (bicyclic) bond motifs is 3. The van der Waals surface area contributed by atoms with Crippen LogP contribution >= 0.6 is 23.2 Å². The number of aliphatic carboxylic acids is 1. The van der Waals surface area contributed by atoms with Crippen LogP contribution in [-0.2, 0) is 40.3 Å². The number of nitrogens with one attached hydrogen (secondary N) is 1. The Kier molecular flexibility index (Phi) is 20.4. The number of cyclic esters (lactones) is 1.